The summed E-state index contributed by atoms with van der Waals surface area (Å²) in [6.45, 7) is 5.74. The van der Waals surface area contributed by atoms with Crippen molar-refractivity contribution in [2.75, 3.05) is 12.4 Å². The number of benzene rings is 1. The molecule has 3 nitrogen and oxygen atoms in total. The molecular weight excluding hydrogens is 317 g/mol. The van der Waals surface area contributed by atoms with Crippen LogP contribution in [0.5, 0.6) is 0 Å². The van der Waals surface area contributed by atoms with Crippen molar-refractivity contribution in [1.29, 1.82) is 0 Å². The van der Waals surface area contributed by atoms with E-state index in [4.69, 9.17) is 4.74 Å². The smallest absolute Gasteiger partial charge is 0.305 e. The first-order chi connectivity index (χ1) is 12.0. The van der Waals surface area contributed by atoms with Gasteiger partial charge in [-0.25, -0.2) is 4.39 Å². The maximum atomic E-state index is 14.1. The highest BCUT2D eigenvalue weighted by molar-refractivity contribution is 5.69. The number of rotatable bonds is 11. The number of hydrogen-bond acceptors (Lipinski definition) is 3. The lowest BCUT2D eigenvalue weighted by Gasteiger charge is -2.20. The van der Waals surface area contributed by atoms with Crippen LogP contribution < -0.4 is 5.32 Å². The van der Waals surface area contributed by atoms with E-state index in [1.807, 2.05) is 6.07 Å². The zero-order chi connectivity index (χ0) is 18.7. The predicted molar refractivity (Wildman–Crippen MR) is 102 cm³/mol. The molecule has 0 heterocycles. The summed E-state index contributed by atoms with van der Waals surface area (Å²) in [7, 11) is 1.40. The number of carbonyl (C=O) groups excluding carboxylic acids is 1. The van der Waals surface area contributed by atoms with Crippen molar-refractivity contribution in [3.63, 3.8) is 0 Å². The van der Waals surface area contributed by atoms with Gasteiger partial charge in [0.25, 0.3) is 0 Å². The predicted octanol–water partition coefficient (Wildman–Crippen LogP) is 5.70. The molecule has 0 aromatic heterocycles. The van der Waals surface area contributed by atoms with Crippen LogP contribution in [0.15, 0.2) is 24.3 Å². The molecule has 1 N–H and O–H groups in total. The first-order valence-electron chi connectivity index (χ1n) is 9.23. The summed E-state index contributed by atoms with van der Waals surface area (Å²) < 4.78 is 18.8. The first-order valence-corrected chi connectivity index (χ1v) is 9.23. The molecule has 0 saturated carbocycles. The average Bonchev–Trinajstić information content (AvgIpc) is 2.62. The van der Waals surface area contributed by atoms with Crippen LogP contribution in [0.25, 0.3) is 0 Å². The van der Waals surface area contributed by atoms with Gasteiger partial charge in [-0.3, -0.25) is 4.79 Å². The van der Waals surface area contributed by atoms with Crippen molar-refractivity contribution in [2.24, 2.45) is 0 Å². The summed E-state index contributed by atoms with van der Waals surface area (Å²) in [5.74, 6) is -0.391. The second-order valence-corrected chi connectivity index (χ2v) is 6.53. The molecule has 140 valence electrons. The van der Waals surface area contributed by atoms with Gasteiger partial charge in [0.1, 0.15) is 5.82 Å². The molecular formula is C21H32FNO2. The van der Waals surface area contributed by atoms with Gasteiger partial charge in [0.2, 0.25) is 0 Å². The highest BCUT2D eigenvalue weighted by Gasteiger charge is 2.13. The molecule has 0 bridgehead atoms. The highest BCUT2D eigenvalue weighted by atomic mass is 19.1. The third kappa shape index (κ3) is 7.72. The topological polar surface area (TPSA) is 38.3 Å². The number of hydrogen-bond donors (Lipinski definition) is 1. The molecule has 1 rings (SSSR count). The van der Waals surface area contributed by atoms with Crippen LogP contribution in [0.4, 0.5) is 10.1 Å². The molecule has 25 heavy (non-hydrogen) atoms. The number of ether oxygens (including phenoxy) is 1. The Hall–Kier alpha value is -1.84. The number of esters is 1. The third-order valence-electron chi connectivity index (χ3n) is 4.43. The maximum absolute atomic E-state index is 14.1. The molecule has 0 aliphatic carbocycles. The number of unbranched alkanes of at least 4 members (excludes halogenated alkanes) is 3. The monoisotopic (exact) mass is 349 g/mol. The molecule has 1 aromatic rings. The molecule has 4 heteroatoms. The maximum Gasteiger partial charge on any atom is 0.305 e. The summed E-state index contributed by atoms with van der Waals surface area (Å²) in [5, 5.41) is 3.40. The number of carbonyl (C=O) groups is 1. The van der Waals surface area contributed by atoms with E-state index in [1.165, 1.54) is 26.4 Å². The number of nitrogens with one attached hydrogen (secondary N) is 1. The van der Waals surface area contributed by atoms with Gasteiger partial charge in [-0.1, -0.05) is 38.0 Å². The second-order valence-electron chi connectivity index (χ2n) is 6.53. The molecule has 0 saturated heterocycles. The lowest BCUT2D eigenvalue weighted by molar-refractivity contribution is -0.140. The Morgan fingerprint density at radius 3 is 2.72 bits per heavy atom. The summed E-state index contributed by atoms with van der Waals surface area (Å²) in [5.41, 5.74) is 2.05. The minimum atomic E-state index is -0.217. The van der Waals surface area contributed by atoms with Gasteiger partial charge in [0.05, 0.1) is 7.11 Å². The lowest BCUT2D eigenvalue weighted by Crippen LogP contribution is -2.21. The standard InChI is InChI=1S/C21H32FNO2/c1-5-6-7-8-9-10-11-18(13-15-20(24)25-4)23-19-14-12-16(2)21(22)17(19)3/h9-10,12,14,18,23H,5-8,11,13,15H2,1-4H3/b10-9+. The molecule has 0 amide bonds. The van der Waals surface area contributed by atoms with Crippen LogP contribution in [0.2, 0.25) is 0 Å². The molecule has 0 radical (unpaired) electrons. The van der Waals surface area contributed by atoms with E-state index < -0.39 is 0 Å². The molecule has 0 aliphatic heterocycles. The van der Waals surface area contributed by atoms with Crippen molar-refractivity contribution in [3.05, 3.63) is 41.2 Å². The third-order valence-corrected chi connectivity index (χ3v) is 4.43. The van der Waals surface area contributed by atoms with Gasteiger partial charge in [0.15, 0.2) is 0 Å². The Labute approximate surface area is 151 Å². The Morgan fingerprint density at radius 2 is 2.04 bits per heavy atom. The summed E-state index contributed by atoms with van der Waals surface area (Å²) >= 11 is 0. The van der Waals surface area contributed by atoms with Crippen molar-refractivity contribution in [3.8, 4) is 0 Å². The average molecular weight is 349 g/mol. The van der Waals surface area contributed by atoms with E-state index in [-0.39, 0.29) is 17.8 Å². The van der Waals surface area contributed by atoms with Crippen LogP contribution in [-0.2, 0) is 9.53 Å². The van der Waals surface area contributed by atoms with Gasteiger partial charge in [-0.15, -0.1) is 0 Å². The summed E-state index contributed by atoms with van der Waals surface area (Å²) in [6.07, 6.45) is 10.9. The van der Waals surface area contributed by atoms with E-state index in [2.05, 4.69) is 24.4 Å². The van der Waals surface area contributed by atoms with Crippen molar-refractivity contribution < 1.29 is 13.9 Å². The molecule has 1 unspecified atom stereocenters. The van der Waals surface area contributed by atoms with Gasteiger partial charge in [-0.05, 0) is 51.2 Å². The van der Waals surface area contributed by atoms with E-state index >= 15 is 0 Å². The van der Waals surface area contributed by atoms with Gasteiger partial charge >= 0.3 is 5.97 Å². The van der Waals surface area contributed by atoms with Crippen LogP contribution in [0, 0.1) is 19.7 Å². The largest absolute Gasteiger partial charge is 0.469 e. The number of allylic oxidation sites excluding steroid dienone is 1. The first kappa shape index (κ1) is 21.2. The highest BCUT2D eigenvalue weighted by Crippen LogP contribution is 2.23. The molecule has 1 aromatic carbocycles. The van der Waals surface area contributed by atoms with Crippen LogP contribution >= 0.6 is 0 Å². The second kappa shape index (κ2) is 11.7. The lowest BCUT2D eigenvalue weighted by atomic mass is 10.0. The van der Waals surface area contributed by atoms with Crippen molar-refractivity contribution in [2.45, 2.75) is 71.8 Å². The molecule has 0 fully saturated rings. The summed E-state index contributed by atoms with van der Waals surface area (Å²) in [4.78, 5) is 11.5. The Kier molecular flexibility index (Phi) is 9.90. The Bertz CT molecular complexity index is 569. The zero-order valence-corrected chi connectivity index (χ0v) is 16.0. The molecule has 1 atom stereocenters. The minimum absolute atomic E-state index is 0.0716. The zero-order valence-electron chi connectivity index (χ0n) is 16.0. The Balaban J connectivity index is 2.70. The quantitative estimate of drug-likeness (QED) is 0.316. The fraction of sp³-hybridized carbons (Fsp3) is 0.571. The van der Waals surface area contributed by atoms with Crippen LogP contribution in [0.3, 0.4) is 0 Å². The molecule has 0 spiro atoms. The number of halogens is 1. The van der Waals surface area contributed by atoms with Gasteiger partial charge in [0, 0.05) is 23.7 Å². The fourth-order valence-corrected chi connectivity index (χ4v) is 2.73. The Morgan fingerprint density at radius 1 is 1.28 bits per heavy atom. The van der Waals surface area contributed by atoms with Crippen molar-refractivity contribution >= 4 is 11.7 Å². The van der Waals surface area contributed by atoms with Gasteiger partial charge < -0.3 is 10.1 Å². The van der Waals surface area contributed by atoms with E-state index in [1.54, 1.807) is 19.9 Å². The van der Waals surface area contributed by atoms with Crippen LogP contribution in [0.1, 0.15) is 63.0 Å². The number of methoxy groups -OCH3 is 1. The van der Waals surface area contributed by atoms with Gasteiger partial charge in [-0.2, -0.15) is 0 Å². The number of anilines is 1. The summed E-state index contributed by atoms with van der Waals surface area (Å²) in [6, 6.07) is 3.76. The van der Waals surface area contributed by atoms with E-state index in [0.29, 0.717) is 24.0 Å². The van der Waals surface area contributed by atoms with E-state index in [9.17, 15) is 9.18 Å². The fourth-order valence-electron chi connectivity index (χ4n) is 2.73. The normalized spacial score (nSPS) is 12.4. The minimum Gasteiger partial charge on any atom is -0.469 e. The molecule has 0 aliphatic rings. The number of aryl methyl sites for hydroxylation is 1. The van der Waals surface area contributed by atoms with Crippen molar-refractivity contribution in [1.82, 2.24) is 0 Å². The van der Waals surface area contributed by atoms with E-state index in [0.717, 1.165) is 18.5 Å². The SMILES string of the molecule is CCCCC/C=C/CC(CCC(=O)OC)Nc1ccc(C)c(F)c1C. The van der Waals surface area contributed by atoms with Crippen LogP contribution in [-0.4, -0.2) is 19.1 Å².